The zero-order chi connectivity index (χ0) is 16.0. The molecule has 0 aliphatic carbocycles. The van der Waals surface area contributed by atoms with Crippen LogP contribution in [-0.4, -0.2) is 30.0 Å². The molecule has 0 saturated heterocycles. The van der Waals surface area contributed by atoms with E-state index in [1.165, 1.54) is 12.1 Å². The number of hydrogen-bond acceptors (Lipinski definition) is 3. The van der Waals surface area contributed by atoms with Gasteiger partial charge in [-0.2, -0.15) is 0 Å². The molecule has 0 aliphatic rings. The third-order valence-electron chi connectivity index (χ3n) is 2.64. The molecule has 0 unspecified atom stereocenters. The first-order chi connectivity index (χ1) is 9.69. The third-order valence-corrected chi connectivity index (χ3v) is 3.10. The van der Waals surface area contributed by atoms with Gasteiger partial charge in [0.05, 0.1) is 0 Å². The van der Waals surface area contributed by atoms with Crippen LogP contribution in [0.1, 0.15) is 26.3 Å². The molecule has 0 aliphatic heterocycles. The fraction of sp³-hybridized carbons (Fsp3) is 0.533. The maximum absolute atomic E-state index is 13.3. The molecule has 1 aromatic rings. The second-order valence-electron chi connectivity index (χ2n) is 5.91. The van der Waals surface area contributed by atoms with Gasteiger partial charge < -0.3 is 15.2 Å². The minimum absolute atomic E-state index is 0.107. The average molecular weight is 362 g/mol. The van der Waals surface area contributed by atoms with E-state index >= 15 is 0 Å². The summed E-state index contributed by atoms with van der Waals surface area (Å²) in [6.45, 7) is 5.49. The molecule has 21 heavy (non-hydrogen) atoms. The monoisotopic (exact) mass is 361 g/mol. The number of rotatable bonds is 5. The Labute approximate surface area is 132 Å². The predicted molar refractivity (Wildman–Crippen MR) is 82.6 cm³/mol. The molecule has 0 radical (unpaired) electrons. The van der Waals surface area contributed by atoms with E-state index in [0.29, 0.717) is 10.9 Å². The van der Waals surface area contributed by atoms with Crippen molar-refractivity contribution in [3.63, 3.8) is 0 Å². The quantitative estimate of drug-likeness (QED) is 0.845. The van der Waals surface area contributed by atoms with Crippen LogP contribution in [0.2, 0.25) is 0 Å². The lowest BCUT2D eigenvalue weighted by atomic mass is 10.00. The molecule has 1 atom stereocenters. The summed E-state index contributed by atoms with van der Waals surface area (Å²) in [5.41, 5.74) is 0.193. The molecule has 1 amide bonds. The van der Waals surface area contributed by atoms with Crippen LogP contribution in [0.25, 0.3) is 0 Å². The largest absolute Gasteiger partial charge is 0.444 e. The highest BCUT2D eigenvalue weighted by atomic mass is 79.9. The van der Waals surface area contributed by atoms with E-state index in [0.717, 1.165) is 5.56 Å². The number of ether oxygens (including phenoxy) is 1. The molecule has 1 aromatic carbocycles. The van der Waals surface area contributed by atoms with Gasteiger partial charge in [0.1, 0.15) is 11.4 Å². The van der Waals surface area contributed by atoms with Crippen LogP contribution in [0.4, 0.5) is 9.18 Å². The highest BCUT2D eigenvalue weighted by molar-refractivity contribution is 9.10. The lowest BCUT2D eigenvalue weighted by Gasteiger charge is -2.21. The first-order valence-corrected chi connectivity index (χ1v) is 7.51. The van der Waals surface area contributed by atoms with Gasteiger partial charge in [-0.25, -0.2) is 9.18 Å². The van der Waals surface area contributed by atoms with E-state index in [2.05, 4.69) is 21.2 Å². The molecular weight excluding hydrogens is 341 g/mol. The Morgan fingerprint density at radius 3 is 2.62 bits per heavy atom. The van der Waals surface area contributed by atoms with E-state index in [1.807, 2.05) is 0 Å². The van der Waals surface area contributed by atoms with Crippen LogP contribution in [0.15, 0.2) is 22.7 Å². The van der Waals surface area contributed by atoms with Crippen molar-refractivity contribution in [3.05, 3.63) is 34.1 Å². The van der Waals surface area contributed by atoms with Gasteiger partial charge in [0, 0.05) is 23.5 Å². The van der Waals surface area contributed by atoms with Gasteiger partial charge >= 0.3 is 6.09 Å². The zero-order valence-electron chi connectivity index (χ0n) is 12.5. The van der Waals surface area contributed by atoms with Crippen LogP contribution >= 0.6 is 15.9 Å². The van der Waals surface area contributed by atoms with Crippen LogP contribution < -0.4 is 5.32 Å². The lowest BCUT2D eigenvalue weighted by molar-refractivity contribution is 0.0512. The smallest absolute Gasteiger partial charge is 0.407 e. The predicted octanol–water partition coefficient (Wildman–Crippen LogP) is 3.26. The summed E-state index contributed by atoms with van der Waals surface area (Å²) in [6.07, 6.45) is -0.0655. The number of aliphatic hydroxyl groups is 1. The Morgan fingerprint density at radius 1 is 1.43 bits per heavy atom. The minimum atomic E-state index is -0.563. The van der Waals surface area contributed by atoms with Crippen molar-refractivity contribution in [1.29, 1.82) is 0 Å². The number of hydrogen-bond donors (Lipinski definition) is 2. The topological polar surface area (TPSA) is 58.6 Å². The molecule has 2 N–H and O–H groups in total. The van der Waals surface area contributed by atoms with Gasteiger partial charge in [0.25, 0.3) is 0 Å². The Balaban J connectivity index is 2.54. The molecule has 4 nitrogen and oxygen atoms in total. The minimum Gasteiger partial charge on any atom is -0.444 e. The van der Waals surface area contributed by atoms with Crippen molar-refractivity contribution in [2.24, 2.45) is 5.92 Å². The van der Waals surface area contributed by atoms with Crippen LogP contribution in [0.3, 0.4) is 0 Å². The number of amides is 1. The summed E-state index contributed by atoms with van der Waals surface area (Å²) in [5, 5.41) is 12.0. The average Bonchev–Trinajstić information content (AvgIpc) is 2.31. The van der Waals surface area contributed by atoms with Gasteiger partial charge in [0.2, 0.25) is 0 Å². The fourth-order valence-corrected chi connectivity index (χ4v) is 2.32. The molecule has 0 bridgehead atoms. The normalized spacial score (nSPS) is 12.9. The Bertz CT molecular complexity index is 468. The molecular formula is C15H21BrFNO3. The molecule has 1 rings (SSSR count). The van der Waals surface area contributed by atoms with E-state index in [4.69, 9.17) is 4.74 Å². The number of carbonyl (C=O) groups is 1. The fourth-order valence-electron chi connectivity index (χ4n) is 1.81. The summed E-state index contributed by atoms with van der Waals surface area (Å²) in [4.78, 5) is 11.6. The van der Waals surface area contributed by atoms with Gasteiger partial charge in [-0.1, -0.05) is 15.9 Å². The first-order valence-electron chi connectivity index (χ1n) is 6.72. The van der Waals surface area contributed by atoms with Crippen molar-refractivity contribution >= 4 is 22.0 Å². The SMILES string of the molecule is CC(C)(C)OC(=O)NC[C@@H](CO)Cc1cc(F)cc(Br)c1. The standard InChI is InChI=1S/C15H21BrFNO3/c1-15(2,3)21-14(20)18-8-11(9-19)4-10-5-12(16)7-13(17)6-10/h5-7,11,19H,4,8-9H2,1-3H3,(H,18,20)/t11-/m0/s1. The molecule has 0 heterocycles. The zero-order valence-corrected chi connectivity index (χ0v) is 14.0. The van der Waals surface area contributed by atoms with Crippen molar-refractivity contribution in [1.82, 2.24) is 5.32 Å². The van der Waals surface area contributed by atoms with Crippen molar-refractivity contribution in [2.45, 2.75) is 32.8 Å². The molecule has 0 aromatic heterocycles. The summed E-state index contributed by atoms with van der Waals surface area (Å²) in [7, 11) is 0. The molecule has 6 heteroatoms. The Kier molecular flexibility index (Phi) is 6.61. The number of alkyl carbamates (subject to hydrolysis) is 1. The summed E-state index contributed by atoms with van der Waals surface area (Å²) < 4.78 is 19.1. The van der Waals surface area contributed by atoms with Crippen LogP contribution in [0.5, 0.6) is 0 Å². The van der Waals surface area contributed by atoms with E-state index in [-0.39, 0.29) is 24.9 Å². The number of nitrogens with one attached hydrogen (secondary N) is 1. The second kappa shape index (κ2) is 7.75. The van der Waals surface area contributed by atoms with Crippen LogP contribution in [-0.2, 0) is 11.2 Å². The maximum Gasteiger partial charge on any atom is 0.407 e. The van der Waals surface area contributed by atoms with E-state index in [9.17, 15) is 14.3 Å². The second-order valence-corrected chi connectivity index (χ2v) is 6.83. The Morgan fingerprint density at radius 2 is 2.10 bits per heavy atom. The van der Waals surface area contributed by atoms with Gasteiger partial charge in [-0.15, -0.1) is 0 Å². The summed E-state index contributed by atoms with van der Waals surface area (Å²) in [5.74, 6) is -0.539. The van der Waals surface area contributed by atoms with Crippen LogP contribution in [0, 0.1) is 11.7 Å². The summed E-state index contributed by atoms with van der Waals surface area (Å²) in [6, 6.07) is 4.58. The lowest BCUT2D eigenvalue weighted by Crippen LogP contribution is -2.36. The highest BCUT2D eigenvalue weighted by Crippen LogP contribution is 2.17. The van der Waals surface area contributed by atoms with Crippen molar-refractivity contribution in [2.75, 3.05) is 13.2 Å². The molecule has 0 spiro atoms. The van der Waals surface area contributed by atoms with Gasteiger partial charge in [-0.3, -0.25) is 0 Å². The number of carbonyl (C=O) groups excluding carboxylic acids is 1. The number of benzene rings is 1. The number of halogens is 2. The highest BCUT2D eigenvalue weighted by Gasteiger charge is 2.17. The Hall–Kier alpha value is -1.14. The van der Waals surface area contributed by atoms with Gasteiger partial charge in [0.15, 0.2) is 0 Å². The first kappa shape index (κ1) is 17.9. The molecule has 0 fully saturated rings. The summed E-state index contributed by atoms with van der Waals surface area (Å²) >= 11 is 3.23. The number of aliphatic hydroxyl groups excluding tert-OH is 1. The molecule has 0 saturated carbocycles. The van der Waals surface area contributed by atoms with Crippen molar-refractivity contribution in [3.8, 4) is 0 Å². The van der Waals surface area contributed by atoms with Gasteiger partial charge in [-0.05, 0) is 51.0 Å². The molecule has 118 valence electrons. The maximum atomic E-state index is 13.3. The van der Waals surface area contributed by atoms with E-state index < -0.39 is 11.7 Å². The van der Waals surface area contributed by atoms with E-state index in [1.54, 1.807) is 26.8 Å². The third kappa shape index (κ3) is 7.43. The van der Waals surface area contributed by atoms with Crippen molar-refractivity contribution < 1.29 is 19.0 Å².